The van der Waals surface area contributed by atoms with Crippen molar-refractivity contribution >= 4 is 11.9 Å². The molecule has 100 valence electrons. The lowest BCUT2D eigenvalue weighted by atomic mass is 9.92. The van der Waals surface area contributed by atoms with Gasteiger partial charge >= 0.3 is 11.9 Å². The Hall–Kier alpha value is -1.06. The maximum Gasteiger partial charge on any atom is 0.320 e. The van der Waals surface area contributed by atoms with Crippen LogP contribution in [-0.2, 0) is 19.1 Å². The molecule has 0 saturated carbocycles. The van der Waals surface area contributed by atoms with Crippen molar-refractivity contribution in [1.29, 1.82) is 0 Å². The summed E-state index contributed by atoms with van der Waals surface area (Å²) in [5.41, 5.74) is 0. The van der Waals surface area contributed by atoms with Crippen molar-refractivity contribution in [3.63, 3.8) is 0 Å². The highest BCUT2D eigenvalue weighted by atomic mass is 16.6. The Labute approximate surface area is 104 Å². The molecule has 0 aliphatic heterocycles. The minimum atomic E-state index is -0.815. The SMILES string of the molecule is CCC(C)C(C(=O)OC(C)C)C(=O)OC(C)C. The van der Waals surface area contributed by atoms with Crippen LogP contribution in [0, 0.1) is 11.8 Å². The van der Waals surface area contributed by atoms with Gasteiger partial charge in [-0.2, -0.15) is 0 Å². The van der Waals surface area contributed by atoms with Crippen molar-refractivity contribution < 1.29 is 19.1 Å². The third-order valence-corrected chi connectivity index (χ3v) is 2.42. The zero-order chi connectivity index (χ0) is 13.6. The summed E-state index contributed by atoms with van der Waals surface area (Å²) < 4.78 is 10.2. The second-order valence-corrected chi connectivity index (χ2v) is 4.83. The molecule has 0 amide bonds. The van der Waals surface area contributed by atoms with Crippen LogP contribution in [-0.4, -0.2) is 24.1 Å². The fraction of sp³-hybridized carbons (Fsp3) is 0.846. The molecular weight excluding hydrogens is 220 g/mol. The number of carbonyl (C=O) groups is 2. The molecule has 0 saturated heterocycles. The Morgan fingerprint density at radius 2 is 1.24 bits per heavy atom. The highest BCUT2D eigenvalue weighted by Crippen LogP contribution is 2.20. The van der Waals surface area contributed by atoms with Crippen LogP contribution in [0.4, 0.5) is 0 Å². The minimum absolute atomic E-state index is 0.0764. The number of rotatable bonds is 6. The first-order chi connectivity index (χ1) is 7.79. The van der Waals surface area contributed by atoms with E-state index in [1.54, 1.807) is 27.7 Å². The van der Waals surface area contributed by atoms with E-state index in [4.69, 9.17) is 9.47 Å². The van der Waals surface area contributed by atoms with Crippen LogP contribution in [0.1, 0.15) is 48.0 Å². The standard InChI is InChI=1S/C13H24O4/c1-7-10(6)11(12(14)16-8(2)3)13(15)17-9(4)5/h8-11H,7H2,1-6H3. The van der Waals surface area contributed by atoms with Crippen LogP contribution >= 0.6 is 0 Å². The molecule has 0 aromatic heterocycles. The average molecular weight is 244 g/mol. The van der Waals surface area contributed by atoms with Gasteiger partial charge in [0.2, 0.25) is 0 Å². The summed E-state index contributed by atoms with van der Waals surface area (Å²) in [6.45, 7) is 10.8. The van der Waals surface area contributed by atoms with E-state index < -0.39 is 17.9 Å². The normalized spacial score (nSPS) is 13.0. The van der Waals surface area contributed by atoms with Gasteiger partial charge in [0.1, 0.15) is 0 Å². The summed E-state index contributed by atoms with van der Waals surface area (Å²) >= 11 is 0. The van der Waals surface area contributed by atoms with E-state index in [-0.39, 0.29) is 18.1 Å². The largest absolute Gasteiger partial charge is 0.462 e. The van der Waals surface area contributed by atoms with Crippen molar-refractivity contribution in [2.75, 3.05) is 0 Å². The third-order valence-electron chi connectivity index (χ3n) is 2.42. The van der Waals surface area contributed by atoms with Gasteiger partial charge in [-0.1, -0.05) is 20.3 Å². The zero-order valence-electron chi connectivity index (χ0n) is 11.6. The van der Waals surface area contributed by atoms with E-state index in [0.717, 1.165) is 6.42 Å². The average Bonchev–Trinajstić information content (AvgIpc) is 2.14. The third kappa shape index (κ3) is 5.71. The molecule has 0 heterocycles. The monoisotopic (exact) mass is 244 g/mol. The van der Waals surface area contributed by atoms with Crippen LogP contribution in [0.15, 0.2) is 0 Å². The quantitative estimate of drug-likeness (QED) is 0.532. The summed E-state index contributed by atoms with van der Waals surface area (Å²) in [7, 11) is 0. The number of hydrogen-bond acceptors (Lipinski definition) is 4. The number of esters is 2. The summed E-state index contributed by atoms with van der Waals surface area (Å²) in [6, 6.07) is 0. The van der Waals surface area contributed by atoms with E-state index in [1.807, 2.05) is 13.8 Å². The van der Waals surface area contributed by atoms with Crippen LogP contribution < -0.4 is 0 Å². The van der Waals surface area contributed by atoms with Crippen molar-refractivity contribution in [1.82, 2.24) is 0 Å². The predicted octanol–water partition coefficient (Wildman–Crippen LogP) is 2.55. The van der Waals surface area contributed by atoms with Gasteiger partial charge in [-0.25, -0.2) is 0 Å². The van der Waals surface area contributed by atoms with Crippen LogP contribution in [0.5, 0.6) is 0 Å². The van der Waals surface area contributed by atoms with Gasteiger partial charge < -0.3 is 9.47 Å². The molecule has 4 nitrogen and oxygen atoms in total. The maximum atomic E-state index is 11.9. The van der Waals surface area contributed by atoms with Crippen molar-refractivity contribution in [3.8, 4) is 0 Å². The first kappa shape index (κ1) is 15.9. The number of hydrogen-bond donors (Lipinski definition) is 0. The summed E-state index contributed by atoms with van der Waals surface area (Å²) in [6.07, 6.45) is 0.284. The van der Waals surface area contributed by atoms with Crippen molar-refractivity contribution in [3.05, 3.63) is 0 Å². The van der Waals surface area contributed by atoms with Gasteiger partial charge in [0.15, 0.2) is 5.92 Å². The molecule has 0 aromatic carbocycles. The lowest BCUT2D eigenvalue weighted by molar-refractivity contribution is -0.169. The minimum Gasteiger partial charge on any atom is -0.462 e. The molecule has 0 aliphatic rings. The molecule has 4 heteroatoms. The van der Waals surface area contributed by atoms with Crippen LogP contribution in [0.2, 0.25) is 0 Å². The van der Waals surface area contributed by atoms with Crippen LogP contribution in [0.25, 0.3) is 0 Å². The Kier molecular flexibility index (Phi) is 6.85. The summed E-state index contributed by atoms with van der Waals surface area (Å²) in [4.78, 5) is 23.7. The molecule has 0 N–H and O–H groups in total. The van der Waals surface area contributed by atoms with E-state index >= 15 is 0 Å². The molecule has 0 rings (SSSR count). The van der Waals surface area contributed by atoms with Crippen molar-refractivity contribution in [2.24, 2.45) is 11.8 Å². The van der Waals surface area contributed by atoms with Gasteiger partial charge in [0.25, 0.3) is 0 Å². The van der Waals surface area contributed by atoms with Gasteiger partial charge in [0.05, 0.1) is 12.2 Å². The molecule has 0 spiro atoms. The molecule has 0 bridgehead atoms. The number of carbonyl (C=O) groups excluding carboxylic acids is 2. The fourth-order valence-corrected chi connectivity index (χ4v) is 1.41. The zero-order valence-corrected chi connectivity index (χ0v) is 11.6. The summed E-state index contributed by atoms with van der Waals surface area (Å²) in [5, 5.41) is 0. The molecule has 1 unspecified atom stereocenters. The Morgan fingerprint density at radius 3 is 1.47 bits per heavy atom. The Balaban J connectivity index is 4.75. The molecule has 0 aliphatic carbocycles. The van der Waals surface area contributed by atoms with Gasteiger partial charge in [0, 0.05) is 0 Å². The molecule has 0 fully saturated rings. The van der Waals surface area contributed by atoms with E-state index in [9.17, 15) is 9.59 Å². The lowest BCUT2D eigenvalue weighted by Crippen LogP contribution is -2.35. The maximum absolute atomic E-state index is 11.9. The van der Waals surface area contributed by atoms with E-state index in [1.165, 1.54) is 0 Å². The molecule has 17 heavy (non-hydrogen) atoms. The topological polar surface area (TPSA) is 52.6 Å². The molecule has 0 radical (unpaired) electrons. The predicted molar refractivity (Wildman–Crippen MR) is 65.4 cm³/mol. The fourth-order valence-electron chi connectivity index (χ4n) is 1.41. The highest BCUT2D eigenvalue weighted by molar-refractivity contribution is 5.95. The van der Waals surface area contributed by atoms with Crippen molar-refractivity contribution in [2.45, 2.75) is 60.2 Å². The van der Waals surface area contributed by atoms with Crippen LogP contribution in [0.3, 0.4) is 0 Å². The van der Waals surface area contributed by atoms with Gasteiger partial charge in [-0.15, -0.1) is 0 Å². The molecular formula is C13H24O4. The Morgan fingerprint density at radius 1 is 0.882 bits per heavy atom. The summed E-state index contributed by atoms with van der Waals surface area (Å²) in [5.74, 6) is -1.86. The first-order valence-corrected chi connectivity index (χ1v) is 6.20. The molecule has 0 aromatic rings. The lowest BCUT2D eigenvalue weighted by Gasteiger charge is -2.22. The van der Waals surface area contributed by atoms with E-state index in [0.29, 0.717) is 0 Å². The first-order valence-electron chi connectivity index (χ1n) is 6.20. The Bertz CT molecular complexity index is 236. The molecule has 1 atom stereocenters. The second kappa shape index (κ2) is 7.30. The smallest absolute Gasteiger partial charge is 0.320 e. The second-order valence-electron chi connectivity index (χ2n) is 4.83. The number of ether oxygens (including phenoxy) is 2. The van der Waals surface area contributed by atoms with E-state index in [2.05, 4.69) is 0 Å². The van der Waals surface area contributed by atoms with Gasteiger partial charge in [-0.3, -0.25) is 9.59 Å². The highest BCUT2D eigenvalue weighted by Gasteiger charge is 2.35. The van der Waals surface area contributed by atoms with Gasteiger partial charge in [-0.05, 0) is 33.6 Å².